The fraction of sp³-hybridized carbons (Fsp3) is 0.467. The monoisotopic (exact) mass is 260 g/mol. The fourth-order valence-electron chi connectivity index (χ4n) is 2.42. The summed E-state index contributed by atoms with van der Waals surface area (Å²) in [7, 11) is 0. The number of nitrogens with zero attached hydrogens (tertiary/aromatic N) is 1. The summed E-state index contributed by atoms with van der Waals surface area (Å²) in [5.74, 6) is -0.180. The minimum atomic E-state index is -0.416. The largest absolute Gasteiger partial charge is 0.373 e. The van der Waals surface area contributed by atoms with Gasteiger partial charge in [-0.3, -0.25) is 14.5 Å². The van der Waals surface area contributed by atoms with Crippen molar-refractivity contribution >= 4 is 17.5 Å². The Morgan fingerprint density at radius 3 is 2.68 bits per heavy atom. The molecule has 0 saturated carbocycles. The van der Waals surface area contributed by atoms with Crippen LogP contribution in [0.3, 0.4) is 0 Å². The fourth-order valence-corrected chi connectivity index (χ4v) is 2.42. The normalized spacial score (nSPS) is 19.1. The molecular formula is C15H20N2O2. The molecule has 2 amide bonds. The highest BCUT2D eigenvalue weighted by atomic mass is 16.2. The lowest BCUT2D eigenvalue weighted by Gasteiger charge is -2.16. The summed E-state index contributed by atoms with van der Waals surface area (Å²) >= 11 is 0. The van der Waals surface area contributed by atoms with E-state index in [1.165, 1.54) is 10.5 Å². The number of rotatable bonds is 4. The van der Waals surface area contributed by atoms with Gasteiger partial charge >= 0.3 is 0 Å². The highest BCUT2D eigenvalue weighted by Gasteiger charge is 2.37. The van der Waals surface area contributed by atoms with E-state index >= 15 is 0 Å². The van der Waals surface area contributed by atoms with Gasteiger partial charge in [-0.2, -0.15) is 0 Å². The molecule has 1 heterocycles. The molecule has 0 radical (unpaired) electrons. The van der Waals surface area contributed by atoms with E-state index in [1.807, 2.05) is 32.9 Å². The quantitative estimate of drug-likeness (QED) is 0.845. The Morgan fingerprint density at radius 2 is 2.05 bits per heavy atom. The van der Waals surface area contributed by atoms with E-state index in [-0.39, 0.29) is 18.2 Å². The van der Waals surface area contributed by atoms with Gasteiger partial charge < -0.3 is 5.32 Å². The second-order valence-corrected chi connectivity index (χ2v) is 5.10. The minimum Gasteiger partial charge on any atom is -0.373 e. The summed E-state index contributed by atoms with van der Waals surface area (Å²) < 4.78 is 0. The predicted molar refractivity (Wildman–Crippen MR) is 75.0 cm³/mol. The molecule has 19 heavy (non-hydrogen) atoms. The minimum absolute atomic E-state index is 0.0749. The number of nitrogens with one attached hydrogen (secondary N) is 1. The molecule has 1 aliphatic heterocycles. The average Bonchev–Trinajstić information content (AvgIpc) is 2.61. The average molecular weight is 260 g/mol. The van der Waals surface area contributed by atoms with Crippen molar-refractivity contribution in [1.82, 2.24) is 4.90 Å². The SMILES string of the molecule is CCCN1C(=O)CC(Nc2ccc(C)cc2C)C1=O. The lowest BCUT2D eigenvalue weighted by Crippen LogP contribution is -2.35. The number of hydrogen-bond acceptors (Lipinski definition) is 3. The Labute approximate surface area is 113 Å². The van der Waals surface area contributed by atoms with Crippen LogP contribution in [0.5, 0.6) is 0 Å². The van der Waals surface area contributed by atoms with Crippen LogP contribution in [0.1, 0.15) is 30.9 Å². The van der Waals surface area contributed by atoms with Crippen LogP contribution in [0, 0.1) is 13.8 Å². The first-order valence-corrected chi connectivity index (χ1v) is 6.71. The standard InChI is InChI=1S/C15H20N2O2/c1-4-7-17-14(18)9-13(15(17)19)16-12-6-5-10(2)8-11(12)3/h5-6,8,13,16H,4,7,9H2,1-3H3. The van der Waals surface area contributed by atoms with Gasteiger partial charge in [0.05, 0.1) is 6.42 Å². The number of aryl methyl sites for hydroxylation is 2. The van der Waals surface area contributed by atoms with E-state index in [2.05, 4.69) is 11.4 Å². The van der Waals surface area contributed by atoms with Crippen molar-refractivity contribution < 1.29 is 9.59 Å². The first-order valence-electron chi connectivity index (χ1n) is 6.71. The summed E-state index contributed by atoms with van der Waals surface area (Å²) in [6, 6.07) is 5.61. The molecule has 1 aliphatic rings. The molecule has 0 aromatic heterocycles. The molecule has 1 aromatic rings. The van der Waals surface area contributed by atoms with Crippen LogP contribution in [0.25, 0.3) is 0 Å². The van der Waals surface area contributed by atoms with Gasteiger partial charge in [-0.05, 0) is 31.9 Å². The van der Waals surface area contributed by atoms with Crippen LogP contribution in [-0.2, 0) is 9.59 Å². The number of benzene rings is 1. The topological polar surface area (TPSA) is 49.4 Å². The molecule has 0 aliphatic carbocycles. The number of hydrogen-bond donors (Lipinski definition) is 1. The van der Waals surface area contributed by atoms with Crippen molar-refractivity contribution in [2.45, 2.75) is 39.7 Å². The molecule has 1 fully saturated rings. The Hall–Kier alpha value is -1.84. The van der Waals surface area contributed by atoms with Crippen molar-refractivity contribution in [1.29, 1.82) is 0 Å². The number of amides is 2. The Bertz CT molecular complexity index is 511. The van der Waals surface area contributed by atoms with E-state index in [0.717, 1.165) is 17.7 Å². The Balaban J connectivity index is 2.12. The lowest BCUT2D eigenvalue weighted by atomic mass is 10.1. The molecule has 1 N–H and O–H groups in total. The molecule has 1 aromatic carbocycles. The van der Waals surface area contributed by atoms with Crippen LogP contribution in [0.15, 0.2) is 18.2 Å². The van der Waals surface area contributed by atoms with Gasteiger partial charge in [0.2, 0.25) is 5.91 Å². The van der Waals surface area contributed by atoms with Gasteiger partial charge in [0.25, 0.3) is 5.91 Å². The molecule has 0 spiro atoms. The van der Waals surface area contributed by atoms with Crippen molar-refractivity contribution in [3.63, 3.8) is 0 Å². The zero-order chi connectivity index (χ0) is 14.0. The van der Waals surface area contributed by atoms with Gasteiger partial charge in [0.1, 0.15) is 6.04 Å². The van der Waals surface area contributed by atoms with Crippen molar-refractivity contribution in [3.05, 3.63) is 29.3 Å². The van der Waals surface area contributed by atoms with Crippen molar-refractivity contribution in [3.8, 4) is 0 Å². The Morgan fingerprint density at radius 1 is 1.32 bits per heavy atom. The molecular weight excluding hydrogens is 240 g/mol. The van der Waals surface area contributed by atoms with Gasteiger partial charge in [-0.1, -0.05) is 24.6 Å². The van der Waals surface area contributed by atoms with Crippen LogP contribution in [0.4, 0.5) is 5.69 Å². The van der Waals surface area contributed by atoms with E-state index < -0.39 is 6.04 Å². The van der Waals surface area contributed by atoms with E-state index in [0.29, 0.717) is 6.54 Å². The smallest absolute Gasteiger partial charge is 0.252 e. The summed E-state index contributed by atoms with van der Waals surface area (Å²) in [6.07, 6.45) is 1.06. The maximum atomic E-state index is 12.1. The predicted octanol–water partition coefficient (Wildman–Crippen LogP) is 2.25. The third-order valence-electron chi connectivity index (χ3n) is 3.40. The zero-order valence-electron chi connectivity index (χ0n) is 11.7. The van der Waals surface area contributed by atoms with Gasteiger partial charge in [-0.15, -0.1) is 0 Å². The number of likely N-dealkylation sites (tertiary alicyclic amines) is 1. The van der Waals surface area contributed by atoms with Crippen LogP contribution < -0.4 is 5.32 Å². The number of imide groups is 1. The molecule has 0 bridgehead atoms. The van der Waals surface area contributed by atoms with Crippen LogP contribution in [-0.4, -0.2) is 29.3 Å². The lowest BCUT2D eigenvalue weighted by molar-refractivity contribution is -0.138. The first-order chi connectivity index (χ1) is 9.02. The maximum Gasteiger partial charge on any atom is 0.252 e. The van der Waals surface area contributed by atoms with E-state index in [4.69, 9.17) is 0 Å². The molecule has 1 unspecified atom stereocenters. The van der Waals surface area contributed by atoms with Gasteiger partial charge in [0.15, 0.2) is 0 Å². The highest BCUT2D eigenvalue weighted by Crippen LogP contribution is 2.22. The first kappa shape index (κ1) is 13.6. The van der Waals surface area contributed by atoms with Crippen LogP contribution in [0.2, 0.25) is 0 Å². The van der Waals surface area contributed by atoms with Crippen LogP contribution >= 0.6 is 0 Å². The third-order valence-corrected chi connectivity index (χ3v) is 3.40. The zero-order valence-corrected chi connectivity index (χ0v) is 11.7. The van der Waals surface area contributed by atoms with Gasteiger partial charge in [0, 0.05) is 12.2 Å². The summed E-state index contributed by atoms with van der Waals surface area (Å²) in [5, 5.41) is 3.19. The molecule has 1 saturated heterocycles. The van der Waals surface area contributed by atoms with Crippen molar-refractivity contribution in [2.24, 2.45) is 0 Å². The summed E-state index contributed by atoms with van der Waals surface area (Å²) in [5.41, 5.74) is 3.20. The van der Waals surface area contributed by atoms with E-state index in [1.54, 1.807) is 0 Å². The highest BCUT2D eigenvalue weighted by molar-refractivity contribution is 6.06. The summed E-state index contributed by atoms with van der Waals surface area (Å²) in [6.45, 7) is 6.51. The number of anilines is 1. The molecule has 102 valence electrons. The molecule has 4 nitrogen and oxygen atoms in total. The third kappa shape index (κ3) is 2.78. The summed E-state index contributed by atoms with van der Waals surface area (Å²) in [4.78, 5) is 25.3. The number of carbonyl (C=O) groups excluding carboxylic acids is 2. The molecule has 1 atom stereocenters. The van der Waals surface area contributed by atoms with Gasteiger partial charge in [-0.25, -0.2) is 0 Å². The molecule has 4 heteroatoms. The maximum absolute atomic E-state index is 12.1. The molecule has 2 rings (SSSR count). The second-order valence-electron chi connectivity index (χ2n) is 5.10. The second kappa shape index (κ2) is 5.43. The van der Waals surface area contributed by atoms with E-state index in [9.17, 15) is 9.59 Å². The van der Waals surface area contributed by atoms with Crippen molar-refractivity contribution in [2.75, 3.05) is 11.9 Å². The Kier molecular flexibility index (Phi) is 3.88. The number of carbonyl (C=O) groups is 2.